The van der Waals surface area contributed by atoms with Crippen molar-refractivity contribution in [2.75, 3.05) is 23.0 Å². The topological polar surface area (TPSA) is 49.9 Å². The molecule has 0 saturated heterocycles. The molecule has 0 radical (unpaired) electrons. The number of carbonyl (C=O) groups is 2. The summed E-state index contributed by atoms with van der Waals surface area (Å²) in [5.41, 5.74) is 4.24. The zero-order chi connectivity index (χ0) is 22.1. The Morgan fingerprint density at radius 2 is 1.50 bits per heavy atom. The maximum atomic E-state index is 13.9. The molecule has 5 rings (SSSR count). The average molecular weight is 425 g/mol. The number of fused-ring (bicyclic) bond motifs is 1. The lowest BCUT2D eigenvalue weighted by Crippen LogP contribution is -2.37. The van der Waals surface area contributed by atoms with Gasteiger partial charge in [0.05, 0.1) is 17.9 Å². The van der Waals surface area contributed by atoms with Crippen molar-refractivity contribution < 1.29 is 14.3 Å². The molecule has 160 valence electrons. The van der Waals surface area contributed by atoms with Crippen molar-refractivity contribution in [3.05, 3.63) is 95.7 Å². The Labute approximate surface area is 187 Å². The highest BCUT2D eigenvalue weighted by atomic mass is 16.5. The van der Waals surface area contributed by atoms with Crippen molar-refractivity contribution in [2.45, 2.75) is 19.8 Å². The maximum Gasteiger partial charge on any atom is 0.282 e. The highest BCUT2D eigenvalue weighted by molar-refractivity contribution is 6.46. The van der Waals surface area contributed by atoms with Crippen molar-refractivity contribution in [1.29, 1.82) is 0 Å². The third kappa shape index (κ3) is 3.26. The molecule has 2 heterocycles. The van der Waals surface area contributed by atoms with Crippen LogP contribution < -0.4 is 14.5 Å². The second kappa shape index (κ2) is 8.35. The number of benzene rings is 3. The molecule has 3 aromatic carbocycles. The van der Waals surface area contributed by atoms with Crippen LogP contribution in [0.4, 0.5) is 11.4 Å². The first-order valence-corrected chi connectivity index (χ1v) is 11.0. The summed E-state index contributed by atoms with van der Waals surface area (Å²) >= 11 is 0. The third-order valence-electron chi connectivity index (χ3n) is 5.91. The Hall–Kier alpha value is -3.86. The van der Waals surface area contributed by atoms with E-state index in [9.17, 15) is 9.59 Å². The van der Waals surface area contributed by atoms with Crippen LogP contribution in [-0.2, 0) is 16.0 Å². The zero-order valence-electron chi connectivity index (χ0n) is 18.0. The number of ether oxygens (including phenoxy) is 1. The number of imide groups is 1. The van der Waals surface area contributed by atoms with Crippen LogP contribution in [0.25, 0.3) is 5.57 Å². The van der Waals surface area contributed by atoms with Gasteiger partial charge in [0.15, 0.2) is 0 Å². The van der Waals surface area contributed by atoms with E-state index in [1.165, 1.54) is 10.5 Å². The molecule has 0 spiro atoms. The van der Waals surface area contributed by atoms with Crippen LogP contribution in [0.3, 0.4) is 0 Å². The first-order valence-electron chi connectivity index (χ1n) is 11.0. The van der Waals surface area contributed by atoms with Crippen molar-refractivity contribution >= 4 is 28.8 Å². The zero-order valence-corrected chi connectivity index (χ0v) is 18.0. The van der Waals surface area contributed by atoms with E-state index in [1.807, 2.05) is 72.5 Å². The quantitative estimate of drug-likeness (QED) is 0.551. The fourth-order valence-corrected chi connectivity index (χ4v) is 4.54. The summed E-state index contributed by atoms with van der Waals surface area (Å²) in [6, 6.07) is 24.8. The molecule has 5 heteroatoms. The molecule has 0 aromatic heterocycles. The smallest absolute Gasteiger partial charge is 0.282 e. The summed E-state index contributed by atoms with van der Waals surface area (Å²) in [7, 11) is 0. The van der Waals surface area contributed by atoms with Gasteiger partial charge in [0.2, 0.25) is 0 Å². The summed E-state index contributed by atoms with van der Waals surface area (Å²) in [6.07, 6.45) is 1.87. The van der Waals surface area contributed by atoms with Gasteiger partial charge in [-0.25, -0.2) is 4.90 Å². The molecule has 3 aromatic rings. The van der Waals surface area contributed by atoms with Crippen molar-refractivity contribution in [3.63, 3.8) is 0 Å². The first kappa shape index (κ1) is 20.1. The molecule has 0 N–H and O–H groups in total. The number of para-hydroxylation sites is 3. The molecule has 2 aliphatic heterocycles. The van der Waals surface area contributed by atoms with Crippen LogP contribution in [0.15, 0.2) is 84.6 Å². The van der Waals surface area contributed by atoms with E-state index in [-0.39, 0.29) is 11.8 Å². The Morgan fingerprint density at radius 1 is 0.812 bits per heavy atom. The molecule has 32 heavy (non-hydrogen) atoms. The van der Waals surface area contributed by atoms with Gasteiger partial charge >= 0.3 is 0 Å². The van der Waals surface area contributed by atoms with Gasteiger partial charge in [-0.15, -0.1) is 0 Å². The number of amides is 2. The molecule has 2 aliphatic rings. The molecular formula is C27H24N2O3. The first-order chi connectivity index (χ1) is 15.7. The molecule has 0 unspecified atom stereocenters. The Balaban J connectivity index is 1.69. The van der Waals surface area contributed by atoms with Crippen LogP contribution in [0.1, 0.15) is 24.5 Å². The molecule has 0 aliphatic carbocycles. The van der Waals surface area contributed by atoms with Gasteiger partial charge in [-0.05, 0) is 49.1 Å². The Kier molecular flexibility index (Phi) is 5.23. The molecule has 0 fully saturated rings. The van der Waals surface area contributed by atoms with Crippen LogP contribution >= 0.6 is 0 Å². The fourth-order valence-electron chi connectivity index (χ4n) is 4.54. The van der Waals surface area contributed by atoms with Crippen molar-refractivity contribution in [3.8, 4) is 5.75 Å². The largest absolute Gasteiger partial charge is 0.492 e. The number of carbonyl (C=O) groups excluding carboxylic acids is 2. The van der Waals surface area contributed by atoms with E-state index >= 15 is 0 Å². The Morgan fingerprint density at radius 3 is 2.28 bits per heavy atom. The lowest BCUT2D eigenvalue weighted by molar-refractivity contribution is -0.120. The predicted octanol–water partition coefficient (Wildman–Crippen LogP) is 4.82. The van der Waals surface area contributed by atoms with Gasteiger partial charge in [-0.3, -0.25) is 9.59 Å². The standard InChI is InChI=1S/C27H24N2O3/c1-2-32-23-17-9-8-16-22(23)29-26(30)24(20-12-4-3-5-13-20)25(27(29)31)28-18-10-14-19-11-6-7-15-21(19)28/h3-9,11-13,15-17H,2,10,14,18H2,1H3. The number of rotatable bonds is 5. The van der Waals surface area contributed by atoms with Gasteiger partial charge in [0.25, 0.3) is 11.8 Å². The van der Waals surface area contributed by atoms with E-state index in [0.717, 1.165) is 24.1 Å². The van der Waals surface area contributed by atoms with Gasteiger partial charge in [0.1, 0.15) is 11.4 Å². The predicted molar refractivity (Wildman–Crippen MR) is 126 cm³/mol. The summed E-state index contributed by atoms with van der Waals surface area (Å²) in [5.74, 6) is -0.131. The molecule has 2 amide bonds. The van der Waals surface area contributed by atoms with Gasteiger partial charge in [-0.1, -0.05) is 60.7 Å². The molecule has 5 nitrogen and oxygen atoms in total. The van der Waals surface area contributed by atoms with E-state index < -0.39 is 0 Å². The lowest BCUT2D eigenvalue weighted by atomic mass is 9.98. The van der Waals surface area contributed by atoms with Crippen LogP contribution in [0.5, 0.6) is 5.75 Å². The van der Waals surface area contributed by atoms with Gasteiger partial charge in [-0.2, -0.15) is 0 Å². The van der Waals surface area contributed by atoms with Crippen molar-refractivity contribution in [2.24, 2.45) is 0 Å². The minimum atomic E-state index is -0.327. The number of aryl methyl sites for hydroxylation is 1. The number of nitrogens with zero attached hydrogens (tertiary/aromatic N) is 2. The minimum Gasteiger partial charge on any atom is -0.492 e. The summed E-state index contributed by atoms with van der Waals surface area (Å²) in [5, 5.41) is 0. The van der Waals surface area contributed by atoms with Gasteiger partial charge < -0.3 is 9.64 Å². The monoisotopic (exact) mass is 424 g/mol. The van der Waals surface area contributed by atoms with E-state index in [0.29, 0.717) is 35.9 Å². The summed E-state index contributed by atoms with van der Waals surface area (Å²) < 4.78 is 5.75. The summed E-state index contributed by atoms with van der Waals surface area (Å²) in [6.45, 7) is 3.01. The SMILES string of the molecule is CCOc1ccccc1N1C(=O)C(c2ccccc2)=C(N2CCCc3ccccc32)C1=O. The maximum absolute atomic E-state index is 13.9. The molecule has 0 bridgehead atoms. The van der Waals surface area contributed by atoms with E-state index in [1.54, 1.807) is 12.1 Å². The third-order valence-corrected chi connectivity index (χ3v) is 5.91. The lowest BCUT2D eigenvalue weighted by Gasteiger charge is -2.32. The van der Waals surface area contributed by atoms with Crippen LogP contribution in [0, 0.1) is 0 Å². The number of anilines is 2. The number of hydrogen-bond donors (Lipinski definition) is 0. The highest BCUT2D eigenvalue weighted by Crippen LogP contribution is 2.41. The van der Waals surface area contributed by atoms with Crippen molar-refractivity contribution in [1.82, 2.24) is 0 Å². The minimum absolute atomic E-state index is 0.322. The second-order valence-corrected chi connectivity index (χ2v) is 7.82. The van der Waals surface area contributed by atoms with Crippen LogP contribution in [0.2, 0.25) is 0 Å². The Bertz CT molecular complexity index is 1220. The van der Waals surface area contributed by atoms with Gasteiger partial charge in [0, 0.05) is 12.2 Å². The number of hydrogen-bond acceptors (Lipinski definition) is 4. The normalized spacial score (nSPS) is 15.9. The highest BCUT2D eigenvalue weighted by Gasteiger charge is 2.44. The fraction of sp³-hybridized carbons (Fsp3) is 0.185. The van der Waals surface area contributed by atoms with E-state index in [2.05, 4.69) is 6.07 Å². The average Bonchev–Trinajstić information content (AvgIpc) is 3.09. The van der Waals surface area contributed by atoms with E-state index in [4.69, 9.17) is 4.74 Å². The van der Waals surface area contributed by atoms with Crippen LogP contribution in [-0.4, -0.2) is 25.0 Å². The second-order valence-electron chi connectivity index (χ2n) is 7.82. The summed E-state index contributed by atoms with van der Waals surface area (Å²) in [4.78, 5) is 31.0. The molecule has 0 saturated carbocycles. The molecular weight excluding hydrogens is 400 g/mol. The molecule has 0 atom stereocenters.